The van der Waals surface area contributed by atoms with Gasteiger partial charge in [-0.3, -0.25) is 9.79 Å². The van der Waals surface area contributed by atoms with Gasteiger partial charge in [-0.25, -0.2) is 0 Å². The van der Waals surface area contributed by atoms with Crippen LogP contribution in [0.3, 0.4) is 0 Å². The Kier molecular flexibility index (Phi) is 11.5. The molecule has 0 bridgehead atoms. The predicted molar refractivity (Wildman–Crippen MR) is 117 cm³/mol. The molecule has 1 saturated carbocycles. The lowest BCUT2D eigenvalue weighted by molar-refractivity contribution is -0.134. The maximum Gasteiger partial charge on any atom is 0.225 e. The van der Waals surface area contributed by atoms with Crippen LogP contribution in [0, 0.1) is 11.8 Å². The van der Waals surface area contributed by atoms with Crippen LogP contribution in [0.4, 0.5) is 0 Å². The zero-order valence-electron chi connectivity index (χ0n) is 16.6. The van der Waals surface area contributed by atoms with Gasteiger partial charge in [0.25, 0.3) is 0 Å². The van der Waals surface area contributed by atoms with Gasteiger partial charge in [0.2, 0.25) is 5.91 Å². The van der Waals surface area contributed by atoms with Gasteiger partial charge in [0.05, 0.1) is 13.2 Å². The first-order valence-electron chi connectivity index (χ1n) is 10.0. The lowest BCUT2D eigenvalue weighted by atomic mass is 10.1. The molecule has 0 aromatic heterocycles. The highest BCUT2D eigenvalue weighted by atomic mass is 127. The molecular formula is C19H37IN4O2. The number of ether oxygens (including phenoxy) is 1. The Morgan fingerprint density at radius 3 is 2.65 bits per heavy atom. The van der Waals surface area contributed by atoms with Gasteiger partial charge in [-0.05, 0) is 32.1 Å². The van der Waals surface area contributed by atoms with Crippen LogP contribution in [0.25, 0.3) is 0 Å². The highest BCUT2D eigenvalue weighted by Crippen LogP contribution is 2.27. The second kappa shape index (κ2) is 12.8. The minimum absolute atomic E-state index is 0. The van der Waals surface area contributed by atoms with Gasteiger partial charge in [0.1, 0.15) is 0 Å². The standard InChI is InChI=1S/C19H36N4O2.HI/c1-4-20-19(21-10-12-25-14-15(2)3)22-17-9-11-23(13-17)18(24)16-7-5-6-8-16;/h15-17H,4-14H2,1-3H3,(H2,20,21,22);1H. The molecule has 7 heteroatoms. The first kappa shape index (κ1) is 23.5. The second-order valence-corrected chi connectivity index (χ2v) is 7.62. The van der Waals surface area contributed by atoms with E-state index in [1.807, 2.05) is 4.90 Å². The zero-order valence-corrected chi connectivity index (χ0v) is 19.0. The Labute approximate surface area is 175 Å². The third kappa shape index (κ3) is 7.98. The zero-order chi connectivity index (χ0) is 18.1. The largest absolute Gasteiger partial charge is 0.379 e. The number of rotatable bonds is 8. The maximum atomic E-state index is 12.5. The number of carbonyl (C=O) groups excluding carboxylic acids is 1. The van der Waals surface area contributed by atoms with Gasteiger partial charge in [-0.15, -0.1) is 24.0 Å². The van der Waals surface area contributed by atoms with Crippen molar-refractivity contribution in [2.75, 3.05) is 39.4 Å². The molecule has 2 fully saturated rings. The molecule has 6 nitrogen and oxygen atoms in total. The molecule has 1 aliphatic carbocycles. The number of hydrogen-bond donors (Lipinski definition) is 2. The van der Waals surface area contributed by atoms with Crippen molar-refractivity contribution in [1.82, 2.24) is 15.5 Å². The Morgan fingerprint density at radius 1 is 1.27 bits per heavy atom. The van der Waals surface area contributed by atoms with Crippen molar-refractivity contribution in [3.63, 3.8) is 0 Å². The summed E-state index contributed by atoms with van der Waals surface area (Å²) in [4.78, 5) is 19.2. The molecule has 1 heterocycles. The smallest absolute Gasteiger partial charge is 0.225 e. The molecule has 0 radical (unpaired) electrons. The summed E-state index contributed by atoms with van der Waals surface area (Å²) >= 11 is 0. The number of hydrogen-bond acceptors (Lipinski definition) is 3. The number of likely N-dealkylation sites (tertiary alicyclic amines) is 1. The second-order valence-electron chi connectivity index (χ2n) is 7.62. The normalized spacial score (nSPS) is 21.2. The lowest BCUT2D eigenvalue weighted by Crippen LogP contribution is -2.45. The van der Waals surface area contributed by atoms with E-state index in [1.54, 1.807) is 0 Å². The number of nitrogens with one attached hydrogen (secondary N) is 2. The molecule has 1 amide bonds. The Balaban J connectivity index is 0.00000338. The molecule has 1 unspecified atom stereocenters. The topological polar surface area (TPSA) is 66.0 Å². The first-order valence-corrected chi connectivity index (χ1v) is 10.0. The summed E-state index contributed by atoms with van der Waals surface area (Å²) in [6, 6.07) is 0.291. The van der Waals surface area contributed by atoms with Crippen LogP contribution in [-0.4, -0.2) is 62.2 Å². The summed E-state index contributed by atoms with van der Waals surface area (Å²) in [5.41, 5.74) is 0. The summed E-state index contributed by atoms with van der Waals surface area (Å²) in [7, 11) is 0. The Bertz CT molecular complexity index is 439. The summed E-state index contributed by atoms with van der Waals surface area (Å²) in [6.45, 7) is 10.9. The van der Waals surface area contributed by atoms with Crippen molar-refractivity contribution in [3.8, 4) is 0 Å². The van der Waals surface area contributed by atoms with Crippen molar-refractivity contribution < 1.29 is 9.53 Å². The fraction of sp³-hybridized carbons (Fsp3) is 0.895. The molecule has 0 spiro atoms. The first-order chi connectivity index (χ1) is 12.1. The fourth-order valence-electron chi connectivity index (χ4n) is 3.56. The van der Waals surface area contributed by atoms with E-state index in [-0.39, 0.29) is 29.9 Å². The van der Waals surface area contributed by atoms with Gasteiger partial charge in [0.15, 0.2) is 5.96 Å². The highest BCUT2D eigenvalue weighted by Gasteiger charge is 2.32. The molecule has 1 atom stereocenters. The number of carbonyl (C=O) groups is 1. The van der Waals surface area contributed by atoms with Crippen LogP contribution < -0.4 is 10.6 Å². The van der Waals surface area contributed by atoms with Gasteiger partial charge in [0, 0.05) is 38.2 Å². The summed E-state index contributed by atoms with van der Waals surface area (Å²) < 4.78 is 5.58. The van der Waals surface area contributed by atoms with E-state index in [1.165, 1.54) is 12.8 Å². The number of amides is 1. The van der Waals surface area contributed by atoms with E-state index in [2.05, 4.69) is 36.4 Å². The van der Waals surface area contributed by atoms with Crippen molar-refractivity contribution in [2.45, 2.75) is 58.9 Å². The Hall–Kier alpha value is -0.570. The van der Waals surface area contributed by atoms with Crippen LogP contribution in [0.1, 0.15) is 52.9 Å². The summed E-state index contributed by atoms with van der Waals surface area (Å²) in [6.07, 6.45) is 5.57. The number of guanidine groups is 1. The molecule has 1 saturated heterocycles. The summed E-state index contributed by atoms with van der Waals surface area (Å²) in [5.74, 6) is 2.03. The van der Waals surface area contributed by atoms with Crippen molar-refractivity contribution in [1.29, 1.82) is 0 Å². The maximum absolute atomic E-state index is 12.5. The van der Waals surface area contributed by atoms with E-state index in [4.69, 9.17) is 4.74 Å². The Morgan fingerprint density at radius 2 is 2.00 bits per heavy atom. The molecule has 0 aromatic carbocycles. The van der Waals surface area contributed by atoms with Gasteiger partial charge >= 0.3 is 0 Å². The fourth-order valence-corrected chi connectivity index (χ4v) is 3.56. The van der Waals surface area contributed by atoms with Crippen LogP contribution in [0.5, 0.6) is 0 Å². The van der Waals surface area contributed by atoms with Crippen molar-refractivity contribution in [2.24, 2.45) is 16.8 Å². The number of aliphatic imine (C=N–C) groups is 1. The van der Waals surface area contributed by atoms with Gasteiger partial charge in [-0.2, -0.15) is 0 Å². The molecule has 152 valence electrons. The van der Waals surface area contributed by atoms with Gasteiger partial charge in [-0.1, -0.05) is 26.7 Å². The quantitative estimate of drug-likeness (QED) is 0.243. The SMILES string of the molecule is CCNC(=NCCOCC(C)C)NC1CCN(C(=O)C2CCCC2)C1.I. The minimum Gasteiger partial charge on any atom is -0.379 e. The molecule has 2 aliphatic rings. The molecule has 26 heavy (non-hydrogen) atoms. The lowest BCUT2D eigenvalue weighted by Gasteiger charge is -2.21. The van der Waals surface area contributed by atoms with E-state index in [9.17, 15) is 4.79 Å². The molecule has 2 rings (SSSR count). The highest BCUT2D eigenvalue weighted by molar-refractivity contribution is 14.0. The average molecular weight is 480 g/mol. The number of halogens is 1. The van der Waals surface area contributed by atoms with Crippen molar-refractivity contribution >= 4 is 35.8 Å². The van der Waals surface area contributed by atoms with Crippen LogP contribution in [-0.2, 0) is 9.53 Å². The molecule has 0 aromatic rings. The molecule has 2 N–H and O–H groups in total. The molecular weight excluding hydrogens is 443 g/mol. The average Bonchev–Trinajstić information content (AvgIpc) is 3.25. The van der Waals surface area contributed by atoms with E-state index in [0.717, 1.165) is 51.5 Å². The minimum atomic E-state index is 0. The summed E-state index contributed by atoms with van der Waals surface area (Å²) in [5, 5.41) is 6.77. The van der Waals surface area contributed by atoms with Crippen LogP contribution in [0.15, 0.2) is 4.99 Å². The van der Waals surface area contributed by atoms with E-state index < -0.39 is 0 Å². The number of nitrogens with zero attached hydrogens (tertiary/aromatic N) is 2. The van der Waals surface area contributed by atoms with E-state index in [0.29, 0.717) is 31.0 Å². The van der Waals surface area contributed by atoms with Crippen LogP contribution in [0.2, 0.25) is 0 Å². The van der Waals surface area contributed by atoms with Crippen molar-refractivity contribution in [3.05, 3.63) is 0 Å². The molecule has 1 aliphatic heterocycles. The predicted octanol–water partition coefficient (Wildman–Crippen LogP) is 2.62. The third-order valence-corrected chi connectivity index (χ3v) is 4.85. The van der Waals surface area contributed by atoms with Crippen LogP contribution >= 0.6 is 24.0 Å². The third-order valence-electron chi connectivity index (χ3n) is 4.85. The van der Waals surface area contributed by atoms with E-state index >= 15 is 0 Å². The van der Waals surface area contributed by atoms with Gasteiger partial charge < -0.3 is 20.3 Å². The monoisotopic (exact) mass is 480 g/mol.